The van der Waals surface area contributed by atoms with Crippen molar-refractivity contribution in [3.8, 4) is 22.1 Å². The van der Waals surface area contributed by atoms with Crippen molar-refractivity contribution >= 4 is 27.5 Å². The summed E-state index contributed by atoms with van der Waals surface area (Å²) in [5.74, 6) is 0.339. The molecule has 0 saturated carbocycles. The molecule has 2 aliphatic rings. The number of para-hydroxylation sites is 1. The Morgan fingerprint density at radius 2 is 1.97 bits per heavy atom. The Balaban J connectivity index is 1.41. The van der Waals surface area contributed by atoms with E-state index in [-0.39, 0.29) is 30.7 Å². The zero-order valence-electron chi connectivity index (χ0n) is 18.9. The van der Waals surface area contributed by atoms with Gasteiger partial charge in [-0.2, -0.15) is 0 Å². The molecule has 2 aliphatic heterocycles. The molecule has 3 heterocycles. The second-order valence-corrected chi connectivity index (χ2v) is 9.64. The van der Waals surface area contributed by atoms with Crippen LogP contribution in [0.1, 0.15) is 22.3 Å². The number of nitrogens with zero attached hydrogens (tertiary/aromatic N) is 2. The molecule has 8 heteroatoms. The molecule has 0 spiro atoms. The molecule has 178 valence electrons. The predicted molar refractivity (Wildman–Crippen MR) is 132 cm³/mol. The topological polar surface area (TPSA) is 60.9 Å². The third kappa shape index (κ3) is 4.35. The first-order chi connectivity index (χ1) is 17.2. The van der Waals surface area contributed by atoms with E-state index in [0.717, 1.165) is 32.8 Å². The molecule has 1 fully saturated rings. The van der Waals surface area contributed by atoms with Gasteiger partial charge in [0.2, 0.25) is 0 Å². The maximum atomic E-state index is 14.4. The van der Waals surface area contributed by atoms with Crippen molar-refractivity contribution in [1.82, 2.24) is 9.88 Å². The standard InChI is InChI=1S/C27H23FN2O4S/c28-21-6-2-1-5-20(21)27(31)30-10-12-33-25-18(15-30)13-17(14-23(25)34-19-9-11-32-16-19)26-29-22-7-3-4-8-24(22)35-26/h1-8,13-14,19H,9-12,15-16H2/t19-/m1/s1. The summed E-state index contributed by atoms with van der Waals surface area (Å²) in [6.45, 7) is 2.09. The number of carbonyl (C=O) groups excluding carboxylic acids is 1. The average Bonchev–Trinajstić information content (AvgIpc) is 3.49. The van der Waals surface area contributed by atoms with E-state index in [2.05, 4.69) is 0 Å². The van der Waals surface area contributed by atoms with Crippen molar-refractivity contribution in [1.29, 1.82) is 0 Å². The number of hydrogen-bond acceptors (Lipinski definition) is 6. The van der Waals surface area contributed by atoms with E-state index in [1.165, 1.54) is 12.1 Å². The van der Waals surface area contributed by atoms with E-state index in [1.54, 1.807) is 28.4 Å². The fraction of sp³-hybridized carbons (Fsp3) is 0.259. The van der Waals surface area contributed by atoms with Crippen LogP contribution in [-0.2, 0) is 11.3 Å². The summed E-state index contributed by atoms with van der Waals surface area (Å²) in [7, 11) is 0. The summed E-state index contributed by atoms with van der Waals surface area (Å²) in [6, 6.07) is 18.0. The zero-order chi connectivity index (χ0) is 23.8. The minimum atomic E-state index is -0.531. The Morgan fingerprint density at radius 1 is 1.11 bits per heavy atom. The molecule has 0 N–H and O–H groups in total. The number of fused-ring (bicyclic) bond motifs is 2. The van der Waals surface area contributed by atoms with Crippen LogP contribution in [0.5, 0.6) is 11.5 Å². The van der Waals surface area contributed by atoms with E-state index in [0.29, 0.717) is 31.3 Å². The molecule has 35 heavy (non-hydrogen) atoms. The average molecular weight is 491 g/mol. The highest BCUT2D eigenvalue weighted by atomic mass is 32.1. The van der Waals surface area contributed by atoms with E-state index in [1.807, 2.05) is 36.4 Å². The Labute approximate surface area is 205 Å². The van der Waals surface area contributed by atoms with Crippen LogP contribution in [0.2, 0.25) is 0 Å². The lowest BCUT2D eigenvalue weighted by Gasteiger charge is -2.21. The summed E-state index contributed by atoms with van der Waals surface area (Å²) in [5.41, 5.74) is 2.68. The molecular weight excluding hydrogens is 467 g/mol. The van der Waals surface area contributed by atoms with Gasteiger partial charge >= 0.3 is 0 Å². The van der Waals surface area contributed by atoms with Gasteiger partial charge in [0.25, 0.3) is 5.91 Å². The molecule has 1 amide bonds. The summed E-state index contributed by atoms with van der Waals surface area (Å²) >= 11 is 1.60. The minimum absolute atomic E-state index is 0.0536. The summed E-state index contributed by atoms with van der Waals surface area (Å²) in [4.78, 5) is 19.6. The second kappa shape index (κ2) is 9.28. The number of ether oxygens (including phenoxy) is 3. The molecule has 1 aromatic heterocycles. The van der Waals surface area contributed by atoms with Crippen molar-refractivity contribution in [2.24, 2.45) is 0 Å². The SMILES string of the molecule is O=C(c1ccccc1F)N1CCOc2c(cc(-c3nc4ccccc4s3)cc2O[C@@H]2CCOC2)C1. The highest BCUT2D eigenvalue weighted by Crippen LogP contribution is 2.41. The molecule has 0 unspecified atom stereocenters. The zero-order valence-corrected chi connectivity index (χ0v) is 19.7. The van der Waals surface area contributed by atoms with Gasteiger partial charge in [-0.3, -0.25) is 4.79 Å². The lowest BCUT2D eigenvalue weighted by Crippen LogP contribution is -2.33. The van der Waals surface area contributed by atoms with E-state index in [9.17, 15) is 9.18 Å². The molecule has 4 aromatic rings. The minimum Gasteiger partial charge on any atom is -0.487 e. The van der Waals surface area contributed by atoms with Crippen molar-refractivity contribution in [3.05, 3.63) is 77.6 Å². The molecule has 0 aliphatic carbocycles. The molecule has 6 rings (SSSR count). The summed E-state index contributed by atoms with van der Waals surface area (Å²) in [6.07, 6.45) is 0.741. The van der Waals surface area contributed by atoms with Gasteiger partial charge in [-0.05, 0) is 36.4 Å². The molecule has 0 radical (unpaired) electrons. The normalized spacial score (nSPS) is 17.6. The number of carbonyl (C=O) groups is 1. The number of halogens is 1. The molecular formula is C27H23FN2O4S. The number of benzene rings is 3. The van der Waals surface area contributed by atoms with Crippen LogP contribution in [0.25, 0.3) is 20.8 Å². The number of rotatable bonds is 4. The number of thiazole rings is 1. The van der Waals surface area contributed by atoms with Crippen molar-refractivity contribution < 1.29 is 23.4 Å². The van der Waals surface area contributed by atoms with Gasteiger partial charge in [0.1, 0.15) is 23.5 Å². The smallest absolute Gasteiger partial charge is 0.257 e. The molecule has 6 nitrogen and oxygen atoms in total. The van der Waals surface area contributed by atoms with Crippen molar-refractivity contribution in [2.75, 3.05) is 26.4 Å². The molecule has 1 atom stereocenters. The third-order valence-electron chi connectivity index (χ3n) is 6.21. The maximum Gasteiger partial charge on any atom is 0.257 e. The Kier molecular flexibility index (Phi) is 5.83. The van der Waals surface area contributed by atoms with E-state index in [4.69, 9.17) is 19.2 Å². The Morgan fingerprint density at radius 3 is 2.80 bits per heavy atom. The predicted octanol–water partition coefficient (Wildman–Crippen LogP) is 5.30. The Bertz CT molecular complexity index is 1370. The van der Waals surface area contributed by atoms with Gasteiger partial charge in [0.05, 0.1) is 35.5 Å². The van der Waals surface area contributed by atoms with E-state index >= 15 is 0 Å². The van der Waals surface area contributed by atoms with E-state index < -0.39 is 5.82 Å². The van der Waals surface area contributed by atoms with Crippen LogP contribution in [0.15, 0.2) is 60.7 Å². The van der Waals surface area contributed by atoms with Crippen LogP contribution in [0.4, 0.5) is 4.39 Å². The molecule has 3 aromatic carbocycles. The van der Waals surface area contributed by atoms with Crippen LogP contribution in [0.3, 0.4) is 0 Å². The lowest BCUT2D eigenvalue weighted by molar-refractivity contribution is 0.0728. The highest BCUT2D eigenvalue weighted by molar-refractivity contribution is 7.21. The van der Waals surface area contributed by atoms with Crippen molar-refractivity contribution in [2.45, 2.75) is 19.1 Å². The lowest BCUT2D eigenvalue weighted by atomic mass is 10.1. The van der Waals surface area contributed by atoms with Crippen LogP contribution in [-0.4, -0.2) is 48.3 Å². The second-order valence-electron chi connectivity index (χ2n) is 8.61. The fourth-order valence-corrected chi connectivity index (χ4v) is 5.41. The van der Waals surface area contributed by atoms with Gasteiger partial charge in [0.15, 0.2) is 11.5 Å². The molecule has 0 bridgehead atoms. The van der Waals surface area contributed by atoms with Gasteiger partial charge in [-0.1, -0.05) is 24.3 Å². The van der Waals surface area contributed by atoms with Gasteiger partial charge < -0.3 is 19.1 Å². The molecule has 1 saturated heterocycles. The first kappa shape index (κ1) is 22.0. The third-order valence-corrected chi connectivity index (χ3v) is 7.30. The fourth-order valence-electron chi connectivity index (χ4n) is 4.45. The highest BCUT2D eigenvalue weighted by Gasteiger charge is 2.28. The largest absolute Gasteiger partial charge is 0.487 e. The first-order valence-corrected chi connectivity index (χ1v) is 12.4. The first-order valence-electron chi connectivity index (χ1n) is 11.6. The monoisotopic (exact) mass is 490 g/mol. The van der Waals surface area contributed by atoms with Crippen LogP contribution in [0, 0.1) is 5.82 Å². The summed E-state index contributed by atoms with van der Waals surface area (Å²) in [5, 5.41) is 0.859. The summed E-state index contributed by atoms with van der Waals surface area (Å²) < 4.78 is 33.4. The number of hydrogen-bond donors (Lipinski definition) is 0. The maximum absolute atomic E-state index is 14.4. The van der Waals surface area contributed by atoms with Gasteiger partial charge in [-0.25, -0.2) is 9.37 Å². The number of amides is 1. The van der Waals surface area contributed by atoms with Crippen LogP contribution < -0.4 is 9.47 Å². The van der Waals surface area contributed by atoms with Gasteiger partial charge in [-0.15, -0.1) is 11.3 Å². The van der Waals surface area contributed by atoms with Gasteiger partial charge in [0, 0.05) is 24.1 Å². The van der Waals surface area contributed by atoms with Crippen LogP contribution >= 0.6 is 11.3 Å². The van der Waals surface area contributed by atoms with Crippen molar-refractivity contribution in [3.63, 3.8) is 0 Å². The Hall–Kier alpha value is -3.49. The number of aromatic nitrogens is 1. The quantitative estimate of drug-likeness (QED) is 0.388.